The minimum Gasteiger partial charge on any atom is -0.461 e. The van der Waals surface area contributed by atoms with Gasteiger partial charge in [-0.1, -0.05) is 36.4 Å². The molecule has 0 aliphatic carbocycles. The maximum Gasteiger partial charge on any atom is 0.168 e. The van der Waals surface area contributed by atoms with Crippen LogP contribution in [0.3, 0.4) is 0 Å². The van der Waals surface area contributed by atoms with E-state index in [1.54, 1.807) is 0 Å². The van der Waals surface area contributed by atoms with Gasteiger partial charge in [0.15, 0.2) is 4.93 Å². The van der Waals surface area contributed by atoms with Gasteiger partial charge in [-0.3, -0.25) is 0 Å². The second-order valence-corrected chi connectivity index (χ2v) is 9.09. The van der Waals surface area contributed by atoms with Gasteiger partial charge in [-0.2, -0.15) is 0 Å². The summed E-state index contributed by atoms with van der Waals surface area (Å²) in [7, 11) is 0. The number of hydrogen-bond donors (Lipinski definition) is 4. The highest BCUT2D eigenvalue weighted by Gasteiger charge is 2.57. The summed E-state index contributed by atoms with van der Waals surface area (Å²) in [4.78, 5) is -1.22. The third-order valence-electron chi connectivity index (χ3n) is 5.80. The summed E-state index contributed by atoms with van der Waals surface area (Å²) < 4.78 is 11.9. The summed E-state index contributed by atoms with van der Waals surface area (Å²) in [5.74, 6) is 0.833. The predicted molar refractivity (Wildman–Crippen MR) is 108 cm³/mol. The zero-order valence-corrected chi connectivity index (χ0v) is 16.4. The molecule has 5 atom stereocenters. The van der Waals surface area contributed by atoms with Crippen LogP contribution in [-0.2, 0) is 22.7 Å². The lowest BCUT2D eigenvalue weighted by atomic mass is 9.91. The second kappa shape index (κ2) is 7.12. The van der Waals surface area contributed by atoms with Crippen molar-refractivity contribution in [2.24, 2.45) is 0 Å². The van der Waals surface area contributed by atoms with Gasteiger partial charge in [-0.25, -0.2) is 0 Å². The van der Waals surface area contributed by atoms with Crippen LogP contribution in [0.4, 0.5) is 0 Å². The highest BCUT2D eigenvalue weighted by Crippen LogP contribution is 2.54. The van der Waals surface area contributed by atoms with Gasteiger partial charge in [0, 0.05) is 17.4 Å². The fraction of sp³-hybridized carbons (Fsp3) is 0.364. The molecule has 1 spiro atoms. The van der Waals surface area contributed by atoms with Crippen molar-refractivity contribution in [3.05, 3.63) is 71.0 Å². The van der Waals surface area contributed by atoms with Crippen LogP contribution in [0.15, 0.2) is 52.9 Å². The monoisotopic (exact) mass is 414 g/mol. The number of thioether (sulfide) groups is 1. The van der Waals surface area contributed by atoms with Gasteiger partial charge < -0.3 is 29.6 Å². The molecule has 5 rings (SSSR count). The first-order valence-electron chi connectivity index (χ1n) is 9.58. The molecule has 0 saturated carbocycles. The van der Waals surface area contributed by atoms with Crippen LogP contribution < -0.4 is 0 Å². The van der Waals surface area contributed by atoms with Gasteiger partial charge in [0.05, 0.1) is 24.6 Å². The standard InChI is InChI=1S/C22H22O6S/c23-10-18-19(24)20(25)21(26)22(29-18)16-8-12(5-6-14(16)11-27-22)7-15-9-13-3-1-2-4-17(13)28-15/h1-6,8-9,18-21,23-26H,7,10-11H2/t18-,19-,20+,21-,22+/m1/s1. The van der Waals surface area contributed by atoms with Gasteiger partial charge >= 0.3 is 0 Å². The van der Waals surface area contributed by atoms with E-state index in [-0.39, 0.29) is 6.61 Å². The molecule has 2 aromatic carbocycles. The van der Waals surface area contributed by atoms with E-state index in [4.69, 9.17) is 9.15 Å². The Morgan fingerprint density at radius 1 is 1.03 bits per heavy atom. The molecule has 1 aromatic heterocycles. The first kappa shape index (κ1) is 19.1. The Hall–Kier alpha value is -1.87. The lowest BCUT2D eigenvalue weighted by Gasteiger charge is -2.45. The lowest BCUT2D eigenvalue weighted by Crippen LogP contribution is -2.58. The molecule has 6 nitrogen and oxygen atoms in total. The van der Waals surface area contributed by atoms with E-state index >= 15 is 0 Å². The Morgan fingerprint density at radius 2 is 1.86 bits per heavy atom. The van der Waals surface area contributed by atoms with E-state index in [1.165, 1.54) is 11.8 Å². The number of rotatable bonds is 3. The summed E-state index contributed by atoms with van der Waals surface area (Å²) >= 11 is 1.17. The molecule has 152 valence electrons. The summed E-state index contributed by atoms with van der Waals surface area (Å²) in [6.07, 6.45) is -3.36. The number of benzene rings is 2. The van der Waals surface area contributed by atoms with Gasteiger partial charge in [0.2, 0.25) is 0 Å². The first-order valence-corrected chi connectivity index (χ1v) is 10.5. The van der Waals surface area contributed by atoms with Crippen molar-refractivity contribution in [1.82, 2.24) is 0 Å². The summed E-state index contributed by atoms with van der Waals surface area (Å²) in [6, 6.07) is 15.8. The minimum atomic E-state index is -1.40. The third kappa shape index (κ3) is 3.01. The summed E-state index contributed by atoms with van der Waals surface area (Å²) in [5, 5.41) is 41.3. The van der Waals surface area contributed by atoms with E-state index in [0.29, 0.717) is 13.0 Å². The number of furan rings is 1. The quantitative estimate of drug-likeness (QED) is 0.519. The van der Waals surface area contributed by atoms with Crippen molar-refractivity contribution in [2.75, 3.05) is 6.61 Å². The van der Waals surface area contributed by atoms with Crippen LogP contribution in [-0.4, -0.2) is 50.6 Å². The molecule has 0 bridgehead atoms. The highest BCUT2D eigenvalue weighted by atomic mass is 32.2. The maximum atomic E-state index is 10.8. The van der Waals surface area contributed by atoms with Crippen LogP contribution in [0.1, 0.15) is 22.5 Å². The van der Waals surface area contributed by atoms with Gasteiger partial charge in [0.1, 0.15) is 23.6 Å². The molecular formula is C22H22O6S. The summed E-state index contributed by atoms with van der Waals surface area (Å²) in [5.41, 5.74) is 3.52. The molecule has 0 amide bonds. The fourth-order valence-electron chi connectivity index (χ4n) is 4.25. The molecule has 7 heteroatoms. The molecule has 2 aliphatic heterocycles. The molecule has 3 heterocycles. The highest BCUT2D eigenvalue weighted by molar-refractivity contribution is 8.00. The number of aliphatic hydroxyl groups is 4. The van der Waals surface area contributed by atoms with Gasteiger partial charge in [0.25, 0.3) is 0 Å². The first-order chi connectivity index (χ1) is 14.0. The Labute approximate surface area is 171 Å². The molecular weight excluding hydrogens is 392 g/mol. The minimum absolute atomic E-state index is 0.297. The molecule has 4 N–H and O–H groups in total. The van der Waals surface area contributed by atoms with Crippen molar-refractivity contribution in [1.29, 1.82) is 0 Å². The predicted octanol–water partition coefficient (Wildman–Crippen LogP) is 1.90. The fourth-order valence-corrected chi connectivity index (χ4v) is 5.80. The average Bonchev–Trinajstić information content (AvgIpc) is 3.30. The number of ether oxygens (including phenoxy) is 1. The second-order valence-electron chi connectivity index (χ2n) is 7.64. The Morgan fingerprint density at radius 3 is 2.66 bits per heavy atom. The SMILES string of the molecule is OC[C@H]1S[C@]2(OCc3ccc(Cc4cc5ccccc5o4)cc32)[C@H](O)[C@@H](O)[C@@H]1O. The van der Waals surface area contributed by atoms with Crippen LogP contribution in [0, 0.1) is 0 Å². The molecule has 0 unspecified atom stereocenters. The van der Waals surface area contributed by atoms with E-state index in [1.807, 2.05) is 48.5 Å². The Kier molecular flexibility index (Phi) is 4.70. The zero-order valence-electron chi connectivity index (χ0n) is 15.6. The largest absolute Gasteiger partial charge is 0.461 e. The van der Waals surface area contributed by atoms with Crippen LogP contribution >= 0.6 is 11.8 Å². The molecule has 3 aromatic rings. The van der Waals surface area contributed by atoms with Crippen LogP contribution in [0.25, 0.3) is 11.0 Å². The Balaban J connectivity index is 1.50. The Bertz CT molecular complexity index is 1010. The topological polar surface area (TPSA) is 103 Å². The lowest BCUT2D eigenvalue weighted by molar-refractivity contribution is -0.147. The van der Waals surface area contributed by atoms with E-state index in [2.05, 4.69) is 0 Å². The van der Waals surface area contributed by atoms with Crippen molar-refractivity contribution in [3.8, 4) is 0 Å². The average molecular weight is 414 g/mol. The van der Waals surface area contributed by atoms with E-state index in [0.717, 1.165) is 33.4 Å². The number of aliphatic hydroxyl groups excluding tert-OH is 4. The van der Waals surface area contributed by atoms with Gasteiger partial charge in [-0.15, -0.1) is 11.8 Å². The molecule has 0 radical (unpaired) electrons. The van der Waals surface area contributed by atoms with Crippen molar-refractivity contribution in [2.45, 2.75) is 41.5 Å². The normalized spacial score (nSPS) is 31.4. The number of hydrogen-bond acceptors (Lipinski definition) is 7. The smallest absolute Gasteiger partial charge is 0.168 e. The summed E-state index contributed by atoms with van der Waals surface area (Å²) in [6.45, 7) is -0.0278. The van der Waals surface area contributed by atoms with Crippen molar-refractivity contribution < 1.29 is 29.6 Å². The maximum absolute atomic E-state index is 10.8. The van der Waals surface area contributed by atoms with Crippen LogP contribution in [0.5, 0.6) is 0 Å². The van der Waals surface area contributed by atoms with E-state index in [9.17, 15) is 20.4 Å². The van der Waals surface area contributed by atoms with Crippen molar-refractivity contribution >= 4 is 22.7 Å². The van der Waals surface area contributed by atoms with Crippen LogP contribution in [0.2, 0.25) is 0 Å². The molecule has 29 heavy (non-hydrogen) atoms. The van der Waals surface area contributed by atoms with E-state index < -0.39 is 28.5 Å². The number of para-hydroxylation sites is 1. The van der Waals surface area contributed by atoms with Gasteiger partial charge in [-0.05, 0) is 23.3 Å². The van der Waals surface area contributed by atoms with Crippen molar-refractivity contribution in [3.63, 3.8) is 0 Å². The molecule has 2 aliphatic rings. The zero-order chi connectivity index (χ0) is 20.2. The molecule has 1 saturated heterocycles. The number of fused-ring (bicyclic) bond motifs is 3. The third-order valence-corrected chi connectivity index (χ3v) is 7.46. The molecule has 1 fully saturated rings.